The Kier molecular flexibility index (Phi) is 29.5. The Morgan fingerprint density at radius 2 is 0.484 bits per heavy atom. The van der Waals surface area contributed by atoms with Crippen molar-refractivity contribution in [3.05, 3.63) is 0 Å². The molecule has 0 aromatic carbocycles. The molecule has 95 heavy (non-hydrogen) atoms. The van der Waals surface area contributed by atoms with Crippen molar-refractivity contribution >= 4 is 0 Å². The molecule has 0 saturated carbocycles. The van der Waals surface area contributed by atoms with Gasteiger partial charge >= 0.3 is 0 Å². The number of aliphatic hydroxyl groups excluding tert-OH is 25. The average molecular weight is 1400 g/mol. The Labute approximate surface area is 539 Å². The summed E-state index contributed by atoms with van der Waals surface area (Å²) in [5.41, 5.74) is 5.66. The maximum Gasteiger partial charge on any atom is 0.187 e. The van der Waals surface area contributed by atoms with Gasteiger partial charge in [-0.3, -0.25) is 0 Å². The van der Waals surface area contributed by atoms with Crippen LogP contribution in [0.2, 0.25) is 0 Å². The number of nitrogens with two attached hydrogens (primary N) is 1. The van der Waals surface area contributed by atoms with Gasteiger partial charge in [0.1, 0.15) is 195 Å². The first-order valence-electron chi connectivity index (χ1n) is 30.8. The van der Waals surface area contributed by atoms with E-state index in [0.29, 0.717) is 19.3 Å². The SMILES string of the molecule is NCCCCCO[C@@H]1O[C@H](CO[C@H]2O[C@H](CO[C@H]3O[C@H](CO)[C@@H](O)[C@H](O)[C@@H]3O[C@H]3O[C@H](CO)[C@@H](O)[C@H](O)[C@@H]3O)[C@@H](O)[C@H](O[C@H]3O[C@H](CO)[C@@H](O)[C@H](O)[C@@H]3O)[C@@H]2O)[C@@H](O)[C@H](O[C@H]2O[C@H](CO)[C@@H](O)[C@H](O)[C@@H]2O[C@H]2O[C@H](CO)[C@@H](O)[C@H](O)[C@@H]2O[C@H]2O[C@H](CO)[C@@H](O)[C@H](O)[C@@H]2O)[C@@H]1O. The van der Waals surface area contributed by atoms with Gasteiger partial charge in [-0.15, -0.1) is 0 Å². The highest BCUT2D eigenvalue weighted by Gasteiger charge is 2.59. The highest BCUT2D eigenvalue weighted by Crippen LogP contribution is 2.38. The third kappa shape index (κ3) is 17.5. The Morgan fingerprint density at radius 3 is 0.832 bits per heavy atom. The van der Waals surface area contributed by atoms with E-state index < -0.39 is 299 Å². The lowest BCUT2D eigenvalue weighted by Gasteiger charge is -2.50. The van der Waals surface area contributed by atoms with E-state index in [0.717, 1.165) is 0 Å². The first-order chi connectivity index (χ1) is 45.2. The lowest BCUT2D eigenvalue weighted by Crippen LogP contribution is -2.68. The maximum absolute atomic E-state index is 12.2. The zero-order chi connectivity index (χ0) is 69.6. The van der Waals surface area contributed by atoms with E-state index >= 15 is 0 Å². The van der Waals surface area contributed by atoms with Crippen LogP contribution in [0.25, 0.3) is 0 Å². The third-order valence-electron chi connectivity index (χ3n) is 17.7. The minimum atomic E-state index is -2.28. The molecular formula is C53H93NO41. The summed E-state index contributed by atoms with van der Waals surface area (Å²) in [5.74, 6) is 0. The van der Waals surface area contributed by atoms with E-state index in [9.17, 15) is 128 Å². The highest BCUT2D eigenvalue weighted by molar-refractivity contribution is 5.01. The van der Waals surface area contributed by atoms with Crippen LogP contribution in [0.5, 0.6) is 0 Å². The average Bonchev–Trinajstić information content (AvgIpc) is 0.783. The summed E-state index contributed by atoms with van der Waals surface area (Å²) >= 11 is 0. The summed E-state index contributed by atoms with van der Waals surface area (Å²) in [6, 6.07) is 0. The summed E-state index contributed by atoms with van der Waals surface area (Å²) in [7, 11) is 0. The van der Waals surface area contributed by atoms with Gasteiger partial charge in [0.25, 0.3) is 0 Å². The van der Waals surface area contributed by atoms with Crippen LogP contribution in [0, 0.1) is 0 Å². The van der Waals surface area contributed by atoms with Crippen molar-refractivity contribution in [3.63, 3.8) is 0 Å². The fourth-order valence-electron chi connectivity index (χ4n) is 11.9. The maximum atomic E-state index is 12.2. The Balaban J connectivity index is 1.07. The van der Waals surface area contributed by atoms with E-state index in [1.54, 1.807) is 0 Å². The second-order valence-corrected chi connectivity index (χ2v) is 24.2. The molecule has 0 spiro atoms. The van der Waals surface area contributed by atoms with E-state index in [4.69, 9.17) is 81.5 Å². The van der Waals surface area contributed by atoms with Crippen molar-refractivity contribution in [1.29, 1.82) is 0 Å². The van der Waals surface area contributed by atoms with Crippen molar-refractivity contribution in [2.75, 3.05) is 66.0 Å². The molecule has 0 amide bonds. The smallest absolute Gasteiger partial charge is 0.187 e. The monoisotopic (exact) mass is 1400 g/mol. The first-order valence-corrected chi connectivity index (χ1v) is 30.8. The van der Waals surface area contributed by atoms with Gasteiger partial charge in [-0.05, 0) is 25.8 Å². The van der Waals surface area contributed by atoms with Crippen LogP contribution in [0.4, 0.5) is 0 Å². The lowest BCUT2D eigenvalue weighted by molar-refractivity contribution is -0.404. The van der Waals surface area contributed by atoms with Crippen LogP contribution in [-0.2, 0) is 75.8 Å². The Hall–Kier alpha value is -1.68. The molecule has 27 N–H and O–H groups in total. The number of rotatable bonds is 28. The van der Waals surface area contributed by atoms with E-state index in [1.165, 1.54) is 0 Å². The largest absolute Gasteiger partial charge is 0.394 e. The molecule has 40 atom stereocenters. The van der Waals surface area contributed by atoms with Crippen LogP contribution < -0.4 is 5.73 Å². The van der Waals surface area contributed by atoms with Gasteiger partial charge in [0, 0.05) is 6.61 Å². The van der Waals surface area contributed by atoms with Crippen molar-refractivity contribution in [3.8, 4) is 0 Å². The fraction of sp³-hybridized carbons (Fsp3) is 1.00. The standard InChI is InChI=1S/C53H93NO41/c54-4-2-1-3-5-80-46-39(78)42(92-52-45(35(74)27(66)18(10-59)87-52)95-53-44(34(73)26(65)19(11-60)88-53)94-50-38(77)32(71)24(63)16(8-57)85-50)29(68)20(89-46)12-81-47-40(79)41(91-48-36(75)30(69)22(61)14(6-55)83-48)28(67)21(90-47)13-82-51-43(33(72)25(64)17(9-58)86-51)93-49-37(76)31(70)23(62)15(7-56)84-49/h14-53,55-79H,1-13,54H2/t14-,15-,16-,17-,18-,19-,20-,21-,22-,23-,24-,25-,26-,27-,28-,29-,30+,31+,32+,33+,34+,35+,36+,37+,38+,39+,40+,41+,42+,43+,44+,45+,46-,47+,48-,49-,50-,51+,52-,53-/m1/s1. The van der Waals surface area contributed by atoms with Crippen LogP contribution in [0.3, 0.4) is 0 Å². The molecule has 0 aromatic rings. The number of ether oxygens (including phenoxy) is 16. The summed E-state index contributed by atoms with van der Waals surface area (Å²) in [4.78, 5) is 0. The lowest BCUT2D eigenvalue weighted by atomic mass is 9.95. The van der Waals surface area contributed by atoms with Crippen molar-refractivity contribution in [1.82, 2.24) is 0 Å². The van der Waals surface area contributed by atoms with Crippen LogP contribution in [0.15, 0.2) is 0 Å². The van der Waals surface area contributed by atoms with Gasteiger partial charge in [-0.2, -0.15) is 0 Å². The van der Waals surface area contributed by atoms with Crippen LogP contribution >= 0.6 is 0 Å². The predicted octanol–water partition coefficient (Wildman–Crippen LogP) is -17.3. The molecule has 8 rings (SSSR count). The number of unbranched alkanes of at least 4 members (excludes halogenated alkanes) is 2. The number of aliphatic hydroxyl groups is 25. The number of hydrogen-bond donors (Lipinski definition) is 26. The first kappa shape index (κ1) is 79.0. The quantitative estimate of drug-likeness (QED) is 0.0324. The molecule has 0 bridgehead atoms. The molecule has 0 radical (unpaired) electrons. The molecule has 0 aliphatic carbocycles. The summed E-state index contributed by atoms with van der Waals surface area (Å²) < 4.78 is 92.9. The molecule has 556 valence electrons. The van der Waals surface area contributed by atoms with Crippen LogP contribution in [-0.4, -0.2) is 439 Å². The molecule has 8 heterocycles. The molecule has 8 aliphatic rings. The molecule has 0 unspecified atom stereocenters. The summed E-state index contributed by atoms with van der Waals surface area (Å²) in [5, 5.41) is 271. The van der Waals surface area contributed by atoms with Gasteiger partial charge in [-0.1, -0.05) is 0 Å². The van der Waals surface area contributed by atoms with Gasteiger partial charge in [-0.25, -0.2) is 0 Å². The van der Waals surface area contributed by atoms with Crippen molar-refractivity contribution < 1.29 is 203 Å². The second kappa shape index (κ2) is 35.5. The number of hydrogen-bond acceptors (Lipinski definition) is 42. The van der Waals surface area contributed by atoms with Gasteiger partial charge in [0.05, 0.1) is 52.9 Å². The zero-order valence-corrected chi connectivity index (χ0v) is 50.6. The molecule has 42 nitrogen and oxygen atoms in total. The van der Waals surface area contributed by atoms with E-state index in [-0.39, 0.29) is 13.2 Å². The van der Waals surface area contributed by atoms with Gasteiger partial charge < -0.3 is 209 Å². The molecular weight excluding hydrogens is 1310 g/mol. The predicted molar refractivity (Wildman–Crippen MR) is 291 cm³/mol. The van der Waals surface area contributed by atoms with Crippen molar-refractivity contribution in [2.24, 2.45) is 5.73 Å². The third-order valence-corrected chi connectivity index (χ3v) is 17.7. The summed E-state index contributed by atoms with van der Waals surface area (Å²) in [6.45, 7) is -7.79. The second-order valence-electron chi connectivity index (χ2n) is 24.2. The van der Waals surface area contributed by atoms with Gasteiger partial charge in [0.2, 0.25) is 0 Å². The summed E-state index contributed by atoms with van der Waals surface area (Å²) in [6.07, 6.45) is -79.0. The zero-order valence-electron chi connectivity index (χ0n) is 50.6. The molecule has 8 aliphatic heterocycles. The Morgan fingerprint density at radius 1 is 0.221 bits per heavy atom. The van der Waals surface area contributed by atoms with E-state index in [1.807, 2.05) is 0 Å². The molecule has 8 saturated heterocycles. The molecule has 8 fully saturated rings. The topological polar surface area (TPSA) is 679 Å². The van der Waals surface area contributed by atoms with E-state index in [2.05, 4.69) is 0 Å². The van der Waals surface area contributed by atoms with Crippen molar-refractivity contribution in [2.45, 2.75) is 265 Å². The highest BCUT2D eigenvalue weighted by atomic mass is 16.8. The van der Waals surface area contributed by atoms with Gasteiger partial charge in [0.15, 0.2) is 50.3 Å². The Bertz CT molecular complexity index is 2250. The molecule has 42 heteroatoms. The van der Waals surface area contributed by atoms with Crippen LogP contribution in [0.1, 0.15) is 19.3 Å². The normalized spacial score (nSPS) is 51.0. The minimum Gasteiger partial charge on any atom is -0.394 e. The fourth-order valence-corrected chi connectivity index (χ4v) is 11.9. The minimum absolute atomic E-state index is 0.175. The molecule has 0 aromatic heterocycles.